The number of hydrogen-bond acceptors (Lipinski definition) is 4. The van der Waals surface area contributed by atoms with Crippen LogP contribution in [0.5, 0.6) is 0 Å². The Hall–Kier alpha value is -3.19. The van der Waals surface area contributed by atoms with Gasteiger partial charge in [0.1, 0.15) is 0 Å². The van der Waals surface area contributed by atoms with E-state index in [1.165, 1.54) is 4.90 Å². The van der Waals surface area contributed by atoms with Gasteiger partial charge in [0.2, 0.25) is 5.91 Å². The van der Waals surface area contributed by atoms with Crippen LogP contribution >= 0.6 is 23.2 Å². The summed E-state index contributed by atoms with van der Waals surface area (Å²) in [5, 5.41) is 15.2. The molecule has 2 N–H and O–H groups in total. The number of nitrogens with one attached hydrogen (secondary N) is 1. The lowest BCUT2D eigenvalue weighted by molar-refractivity contribution is -0.136. The minimum atomic E-state index is -2.04. The quantitative estimate of drug-likeness (QED) is 0.388. The van der Waals surface area contributed by atoms with Crippen LogP contribution < -0.4 is 10.2 Å². The molecule has 0 aromatic heterocycles. The number of Topliss-reactive ketones (excluding diaryl/α,β-unsaturated/α-hetero) is 1. The van der Waals surface area contributed by atoms with Crippen LogP contribution in [0, 0.1) is 5.41 Å². The van der Waals surface area contributed by atoms with Gasteiger partial charge in [0.15, 0.2) is 11.4 Å². The van der Waals surface area contributed by atoms with E-state index in [9.17, 15) is 19.5 Å². The molecule has 0 radical (unpaired) electrons. The lowest BCUT2D eigenvalue weighted by Crippen LogP contribution is -2.41. The predicted octanol–water partition coefficient (Wildman–Crippen LogP) is 5.99. The van der Waals surface area contributed by atoms with Gasteiger partial charge in [-0.3, -0.25) is 14.4 Å². The van der Waals surface area contributed by atoms with Crippen LogP contribution in [0.4, 0.5) is 11.4 Å². The van der Waals surface area contributed by atoms with E-state index in [-0.39, 0.29) is 12.5 Å². The Bertz CT molecular complexity index is 1330. The molecule has 6 nitrogen and oxygen atoms in total. The third-order valence-corrected chi connectivity index (χ3v) is 6.89. The number of hydrogen-bond donors (Lipinski definition) is 2. The van der Waals surface area contributed by atoms with Gasteiger partial charge >= 0.3 is 0 Å². The largest absolute Gasteiger partial charge is 0.375 e. The first-order chi connectivity index (χ1) is 16.9. The molecule has 4 rings (SSSR count). The van der Waals surface area contributed by atoms with Gasteiger partial charge in [-0.25, -0.2) is 0 Å². The molecule has 3 aromatic rings. The maximum absolute atomic E-state index is 13.5. The summed E-state index contributed by atoms with van der Waals surface area (Å²) in [5.41, 5.74) is -0.346. The number of ketones is 1. The molecule has 0 fully saturated rings. The molecule has 36 heavy (non-hydrogen) atoms. The van der Waals surface area contributed by atoms with Gasteiger partial charge in [-0.05, 0) is 42.5 Å². The lowest BCUT2D eigenvalue weighted by Gasteiger charge is -2.23. The van der Waals surface area contributed by atoms with Gasteiger partial charge in [-0.1, -0.05) is 68.2 Å². The Morgan fingerprint density at radius 1 is 0.944 bits per heavy atom. The summed E-state index contributed by atoms with van der Waals surface area (Å²) in [5.74, 6) is -1.18. The molecule has 1 atom stereocenters. The van der Waals surface area contributed by atoms with E-state index in [1.54, 1.807) is 87.5 Å². The van der Waals surface area contributed by atoms with Gasteiger partial charge < -0.3 is 15.3 Å². The minimum Gasteiger partial charge on any atom is -0.375 e. The zero-order valence-electron chi connectivity index (χ0n) is 20.1. The van der Waals surface area contributed by atoms with Gasteiger partial charge in [0.05, 0.1) is 18.7 Å². The molecule has 0 saturated carbocycles. The molecule has 3 aromatic carbocycles. The van der Waals surface area contributed by atoms with Crippen molar-refractivity contribution in [3.63, 3.8) is 0 Å². The number of para-hydroxylation sites is 1. The number of anilines is 2. The molecule has 1 aliphatic heterocycles. The Balaban J connectivity index is 1.58. The Labute approximate surface area is 219 Å². The number of aliphatic hydroxyl groups is 1. The third-order valence-electron chi connectivity index (χ3n) is 6.18. The standard InChI is InChI=1S/C28H26Cl2N2O4/c1-27(2,3)25(34)31-18-13-11-17(12-14-18)24(33)15-28(36)20-7-4-5-10-23(20)32(26(28)35)16-19-21(29)8-6-9-22(19)30/h4-14,36H,15-16H2,1-3H3,(H,31,34)/t28-/m0/s1. The van der Waals surface area contributed by atoms with Gasteiger partial charge in [0.25, 0.3) is 5.91 Å². The van der Waals surface area contributed by atoms with Crippen LogP contribution in [0.3, 0.4) is 0 Å². The summed E-state index contributed by atoms with van der Waals surface area (Å²) in [4.78, 5) is 40.3. The monoisotopic (exact) mass is 524 g/mol. The minimum absolute atomic E-state index is 0.0486. The van der Waals surface area contributed by atoms with Crippen molar-refractivity contribution >= 4 is 52.2 Å². The van der Waals surface area contributed by atoms with E-state index in [4.69, 9.17) is 23.2 Å². The summed E-state index contributed by atoms with van der Waals surface area (Å²) in [6.07, 6.45) is -0.441. The van der Waals surface area contributed by atoms with E-state index in [0.717, 1.165) is 0 Å². The normalized spacial score (nSPS) is 17.2. The number of nitrogens with zero attached hydrogens (tertiary/aromatic N) is 1. The Morgan fingerprint density at radius 2 is 1.56 bits per heavy atom. The molecular weight excluding hydrogens is 499 g/mol. The average Bonchev–Trinajstić information content (AvgIpc) is 3.03. The molecule has 0 unspecified atom stereocenters. The highest BCUT2D eigenvalue weighted by Crippen LogP contribution is 2.44. The van der Waals surface area contributed by atoms with Crippen molar-refractivity contribution in [2.45, 2.75) is 39.3 Å². The SMILES string of the molecule is CC(C)(C)C(=O)Nc1ccc(C(=O)C[C@@]2(O)C(=O)N(Cc3c(Cl)cccc3Cl)c3ccccc32)cc1. The van der Waals surface area contributed by atoms with Crippen molar-refractivity contribution in [3.05, 3.63) is 93.5 Å². The second-order valence-electron chi connectivity index (χ2n) is 9.85. The van der Waals surface area contributed by atoms with Crippen LogP contribution in [0.25, 0.3) is 0 Å². The van der Waals surface area contributed by atoms with Crippen molar-refractivity contribution in [2.24, 2.45) is 5.41 Å². The zero-order chi connectivity index (χ0) is 26.3. The van der Waals surface area contributed by atoms with Crippen molar-refractivity contribution in [3.8, 4) is 0 Å². The van der Waals surface area contributed by atoms with Crippen LogP contribution in [-0.2, 0) is 21.7 Å². The molecule has 0 saturated heterocycles. The topological polar surface area (TPSA) is 86.7 Å². The molecule has 8 heteroatoms. The maximum atomic E-state index is 13.5. The molecule has 0 bridgehead atoms. The van der Waals surface area contributed by atoms with E-state index in [2.05, 4.69) is 5.32 Å². The summed E-state index contributed by atoms with van der Waals surface area (Å²) in [6, 6.07) is 18.3. The fraction of sp³-hybridized carbons (Fsp3) is 0.250. The van der Waals surface area contributed by atoms with Crippen molar-refractivity contribution in [1.82, 2.24) is 0 Å². The van der Waals surface area contributed by atoms with E-state index in [0.29, 0.717) is 38.1 Å². The highest BCUT2D eigenvalue weighted by molar-refractivity contribution is 6.36. The lowest BCUT2D eigenvalue weighted by atomic mass is 9.88. The van der Waals surface area contributed by atoms with Gasteiger partial charge in [-0.2, -0.15) is 0 Å². The number of amides is 2. The summed E-state index contributed by atoms with van der Waals surface area (Å²) in [7, 11) is 0. The number of halogens is 2. The summed E-state index contributed by atoms with van der Waals surface area (Å²) >= 11 is 12.6. The van der Waals surface area contributed by atoms with E-state index < -0.39 is 29.1 Å². The second kappa shape index (κ2) is 9.69. The van der Waals surface area contributed by atoms with Gasteiger partial charge in [-0.15, -0.1) is 0 Å². The van der Waals surface area contributed by atoms with Crippen LogP contribution in [-0.4, -0.2) is 22.7 Å². The predicted molar refractivity (Wildman–Crippen MR) is 141 cm³/mol. The van der Waals surface area contributed by atoms with E-state index >= 15 is 0 Å². The zero-order valence-corrected chi connectivity index (χ0v) is 21.7. The fourth-order valence-electron chi connectivity index (χ4n) is 4.07. The first kappa shape index (κ1) is 25.9. The Morgan fingerprint density at radius 3 is 2.17 bits per heavy atom. The number of fused-ring (bicyclic) bond motifs is 1. The molecule has 0 spiro atoms. The van der Waals surface area contributed by atoms with Crippen LogP contribution in [0.15, 0.2) is 66.7 Å². The summed E-state index contributed by atoms with van der Waals surface area (Å²) < 4.78 is 0. The molecule has 1 aliphatic rings. The third kappa shape index (κ3) is 4.89. The highest BCUT2D eigenvalue weighted by Gasteiger charge is 2.51. The summed E-state index contributed by atoms with van der Waals surface area (Å²) in [6.45, 7) is 5.47. The molecular formula is C28H26Cl2N2O4. The van der Waals surface area contributed by atoms with Crippen molar-refractivity contribution < 1.29 is 19.5 Å². The van der Waals surface area contributed by atoms with Crippen molar-refractivity contribution in [1.29, 1.82) is 0 Å². The molecule has 186 valence electrons. The number of carbonyl (C=O) groups excluding carboxylic acids is 3. The molecule has 0 aliphatic carbocycles. The first-order valence-corrected chi connectivity index (χ1v) is 12.2. The van der Waals surface area contributed by atoms with E-state index in [1.807, 2.05) is 0 Å². The van der Waals surface area contributed by atoms with Crippen molar-refractivity contribution in [2.75, 3.05) is 10.2 Å². The van der Waals surface area contributed by atoms with Gasteiger partial charge in [0, 0.05) is 37.8 Å². The van der Waals surface area contributed by atoms with Crippen LogP contribution in [0.2, 0.25) is 10.0 Å². The smallest absolute Gasteiger partial charge is 0.264 e. The second-order valence-corrected chi connectivity index (χ2v) is 10.7. The maximum Gasteiger partial charge on any atom is 0.264 e. The van der Waals surface area contributed by atoms with Crippen LogP contribution in [0.1, 0.15) is 48.7 Å². The number of carbonyl (C=O) groups is 3. The Kier molecular flexibility index (Phi) is 6.97. The average molecular weight is 525 g/mol. The number of rotatable bonds is 6. The highest BCUT2D eigenvalue weighted by atomic mass is 35.5. The first-order valence-electron chi connectivity index (χ1n) is 11.4. The number of benzene rings is 3. The molecule has 2 amide bonds. The fourth-order valence-corrected chi connectivity index (χ4v) is 4.59. The molecule has 1 heterocycles.